The highest BCUT2D eigenvalue weighted by Crippen LogP contribution is 2.31. The number of nitrogens with one attached hydrogen (secondary N) is 1. The Labute approximate surface area is 169 Å². The molecule has 8 heteroatoms. The summed E-state index contributed by atoms with van der Waals surface area (Å²) in [6.45, 7) is -0.241. The first-order chi connectivity index (χ1) is 14.3. The number of nitrogens with zero attached hydrogens (tertiary/aromatic N) is 1. The number of halogens is 4. The van der Waals surface area contributed by atoms with Gasteiger partial charge < -0.3 is 10.1 Å². The minimum atomic E-state index is -4.42. The molecule has 0 spiro atoms. The van der Waals surface area contributed by atoms with E-state index in [0.717, 1.165) is 12.1 Å². The number of alkyl halides is 3. The number of carbonyl (C=O) groups excluding carboxylic acids is 1. The van der Waals surface area contributed by atoms with Crippen LogP contribution < -0.4 is 10.1 Å². The molecule has 1 N–H and O–H groups in total. The van der Waals surface area contributed by atoms with Gasteiger partial charge in [0, 0.05) is 11.9 Å². The standard InChI is InChI=1S/C22H16F4N2O2/c23-17-6-8-18(9-7-17)28-21(29)14-30-20-10-4-15(5-11-20)13-27-19-3-1-2-16(12-19)22(24,25)26/h1-13H,14H2,(H,28,29). The molecule has 3 rings (SSSR count). The highest BCUT2D eigenvalue weighted by molar-refractivity contribution is 5.91. The molecule has 0 aliphatic carbocycles. The molecule has 3 aromatic carbocycles. The van der Waals surface area contributed by atoms with Crippen LogP contribution in [0.4, 0.5) is 28.9 Å². The van der Waals surface area contributed by atoms with Gasteiger partial charge in [0.25, 0.3) is 5.91 Å². The molecular formula is C22H16F4N2O2. The summed E-state index contributed by atoms with van der Waals surface area (Å²) in [6.07, 6.45) is -2.99. The third kappa shape index (κ3) is 6.16. The summed E-state index contributed by atoms with van der Waals surface area (Å²) < 4.78 is 56.4. The largest absolute Gasteiger partial charge is 0.484 e. The number of hydrogen-bond donors (Lipinski definition) is 1. The number of aliphatic imine (C=N–C) groups is 1. The average molecular weight is 416 g/mol. The molecule has 4 nitrogen and oxygen atoms in total. The van der Waals surface area contributed by atoms with Crippen LogP contribution in [0.1, 0.15) is 11.1 Å². The van der Waals surface area contributed by atoms with Crippen LogP contribution in [-0.4, -0.2) is 18.7 Å². The van der Waals surface area contributed by atoms with Crippen molar-refractivity contribution in [2.75, 3.05) is 11.9 Å². The zero-order valence-corrected chi connectivity index (χ0v) is 15.5. The monoisotopic (exact) mass is 416 g/mol. The first kappa shape index (κ1) is 21.0. The molecular weight excluding hydrogens is 400 g/mol. The molecule has 0 atom stereocenters. The van der Waals surface area contributed by atoms with Crippen LogP contribution in [0, 0.1) is 5.82 Å². The number of ether oxygens (including phenoxy) is 1. The second-order valence-corrected chi connectivity index (χ2v) is 6.22. The maximum atomic E-state index is 12.9. The molecule has 0 radical (unpaired) electrons. The third-order valence-corrected chi connectivity index (χ3v) is 3.91. The highest BCUT2D eigenvalue weighted by atomic mass is 19.4. The van der Waals surface area contributed by atoms with Gasteiger partial charge in [-0.25, -0.2) is 4.39 Å². The smallest absolute Gasteiger partial charge is 0.416 e. The van der Waals surface area contributed by atoms with Gasteiger partial charge in [-0.1, -0.05) is 6.07 Å². The molecule has 0 heterocycles. The summed E-state index contributed by atoms with van der Waals surface area (Å²) in [5, 5.41) is 2.57. The van der Waals surface area contributed by atoms with E-state index in [-0.39, 0.29) is 12.3 Å². The summed E-state index contributed by atoms with van der Waals surface area (Å²) in [4.78, 5) is 15.9. The van der Waals surface area contributed by atoms with Gasteiger partial charge in [-0.15, -0.1) is 0 Å². The normalized spacial score (nSPS) is 11.5. The van der Waals surface area contributed by atoms with Crippen molar-refractivity contribution in [1.29, 1.82) is 0 Å². The van der Waals surface area contributed by atoms with Crippen molar-refractivity contribution < 1.29 is 27.1 Å². The second kappa shape index (κ2) is 9.21. The van der Waals surface area contributed by atoms with E-state index in [2.05, 4.69) is 10.3 Å². The molecule has 0 bridgehead atoms. The molecule has 0 aliphatic heterocycles. The molecule has 3 aromatic rings. The van der Waals surface area contributed by atoms with E-state index < -0.39 is 23.5 Å². The number of hydrogen-bond acceptors (Lipinski definition) is 3. The van der Waals surface area contributed by atoms with Gasteiger partial charge in [-0.05, 0) is 72.3 Å². The summed E-state index contributed by atoms with van der Waals surface area (Å²) in [7, 11) is 0. The van der Waals surface area contributed by atoms with Crippen molar-refractivity contribution >= 4 is 23.5 Å². The summed E-state index contributed by atoms with van der Waals surface area (Å²) >= 11 is 0. The van der Waals surface area contributed by atoms with Crippen molar-refractivity contribution in [2.24, 2.45) is 4.99 Å². The minimum absolute atomic E-state index is 0.183. The van der Waals surface area contributed by atoms with Gasteiger partial charge in [-0.3, -0.25) is 9.79 Å². The van der Waals surface area contributed by atoms with Gasteiger partial charge >= 0.3 is 6.18 Å². The summed E-state index contributed by atoms with van der Waals surface area (Å²) in [5.74, 6) is -0.377. The number of carbonyl (C=O) groups is 1. The van der Waals surface area contributed by atoms with Crippen LogP contribution in [0.2, 0.25) is 0 Å². The Morgan fingerprint density at radius 1 is 1.00 bits per heavy atom. The van der Waals surface area contributed by atoms with Gasteiger partial charge in [-0.2, -0.15) is 13.2 Å². The van der Waals surface area contributed by atoms with Gasteiger partial charge in [0.05, 0.1) is 11.3 Å². The quantitative estimate of drug-likeness (QED) is 0.419. The van der Waals surface area contributed by atoms with Gasteiger partial charge in [0.15, 0.2) is 6.61 Å². The fraction of sp³-hybridized carbons (Fsp3) is 0.0909. The molecule has 1 amide bonds. The molecule has 0 aromatic heterocycles. The predicted octanol–water partition coefficient (Wildman–Crippen LogP) is 5.61. The van der Waals surface area contributed by atoms with Crippen LogP contribution in [0.25, 0.3) is 0 Å². The van der Waals surface area contributed by atoms with Crippen LogP contribution in [0.3, 0.4) is 0 Å². The lowest BCUT2D eigenvalue weighted by atomic mass is 10.2. The zero-order chi connectivity index (χ0) is 21.6. The first-order valence-electron chi connectivity index (χ1n) is 8.79. The molecule has 0 saturated carbocycles. The number of amides is 1. The molecule has 0 aliphatic rings. The van der Waals surface area contributed by atoms with E-state index in [1.54, 1.807) is 24.3 Å². The Morgan fingerprint density at radius 3 is 2.37 bits per heavy atom. The Balaban J connectivity index is 1.54. The lowest BCUT2D eigenvalue weighted by molar-refractivity contribution is -0.137. The highest BCUT2D eigenvalue weighted by Gasteiger charge is 2.30. The van der Waals surface area contributed by atoms with Crippen molar-refractivity contribution in [3.05, 3.63) is 89.7 Å². The Morgan fingerprint density at radius 2 is 1.70 bits per heavy atom. The van der Waals surface area contributed by atoms with E-state index in [9.17, 15) is 22.4 Å². The van der Waals surface area contributed by atoms with Crippen LogP contribution in [0.15, 0.2) is 77.8 Å². The SMILES string of the molecule is O=C(COc1ccc(C=Nc2cccc(C(F)(F)F)c2)cc1)Nc1ccc(F)cc1. The number of rotatable bonds is 6. The average Bonchev–Trinajstić information content (AvgIpc) is 2.73. The van der Waals surface area contributed by atoms with E-state index in [1.165, 1.54) is 42.6 Å². The fourth-order valence-electron chi connectivity index (χ4n) is 2.44. The molecule has 0 fully saturated rings. The first-order valence-corrected chi connectivity index (χ1v) is 8.79. The molecule has 0 saturated heterocycles. The Bertz CT molecular complexity index is 1030. The van der Waals surface area contributed by atoms with Gasteiger partial charge in [0.2, 0.25) is 0 Å². The van der Waals surface area contributed by atoms with Crippen molar-refractivity contribution in [2.45, 2.75) is 6.18 Å². The molecule has 30 heavy (non-hydrogen) atoms. The topological polar surface area (TPSA) is 50.7 Å². The second-order valence-electron chi connectivity index (χ2n) is 6.22. The Kier molecular flexibility index (Phi) is 6.46. The van der Waals surface area contributed by atoms with Crippen molar-refractivity contribution in [3.63, 3.8) is 0 Å². The molecule has 0 unspecified atom stereocenters. The van der Waals surface area contributed by atoms with E-state index >= 15 is 0 Å². The zero-order valence-electron chi connectivity index (χ0n) is 15.5. The minimum Gasteiger partial charge on any atom is -0.484 e. The van der Waals surface area contributed by atoms with Crippen LogP contribution in [-0.2, 0) is 11.0 Å². The lowest BCUT2D eigenvalue weighted by Gasteiger charge is -2.08. The van der Waals surface area contributed by atoms with E-state index in [4.69, 9.17) is 4.74 Å². The lowest BCUT2D eigenvalue weighted by Crippen LogP contribution is -2.20. The van der Waals surface area contributed by atoms with E-state index in [0.29, 0.717) is 17.0 Å². The summed E-state index contributed by atoms with van der Waals surface area (Å²) in [6, 6.07) is 16.6. The fourth-order valence-corrected chi connectivity index (χ4v) is 2.44. The maximum Gasteiger partial charge on any atom is 0.416 e. The summed E-state index contributed by atoms with van der Waals surface area (Å²) in [5.41, 5.74) is 0.518. The maximum absolute atomic E-state index is 12.9. The third-order valence-electron chi connectivity index (χ3n) is 3.91. The number of benzene rings is 3. The van der Waals surface area contributed by atoms with E-state index in [1.807, 2.05) is 0 Å². The van der Waals surface area contributed by atoms with Gasteiger partial charge in [0.1, 0.15) is 11.6 Å². The Hall–Kier alpha value is -3.68. The molecule has 154 valence electrons. The number of anilines is 1. The van der Waals surface area contributed by atoms with Crippen LogP contribution in [0.5, 0.6) is 5.75 Å². The van der Waals surface area contributed by atoms with Crippen LogP contribution >= 0.6 is 0 Å². The van der Waals surface area contributed by atoms with Crippen molar-refractivity contribution in [1.82, 2.24) is 0 Å². The van der Waals surface area contributed by atoms with Crippen molar-refractivity contribution in [3.8, 4) is 5.75 Å². The predicted molar refractivity (Wildman–Crippen MR) is 106 cm³/mol.